The molecule has 1 aliphatic rings. The average Bonchev–Trinajstić information content (AvgIpc) is 3.29. The highest BCUT2D eigenvalue weighted by Crippen LogP contribution is 2.25. The van der Waals surface area contributed by atoms with Crippen LogP contribution in [0.2, 0.25) is 0 Å². The van der Waals surface area contributed by atoms with Gasteiger partial charge in [0.05, 0.1) is 13.2 Å². The second kappa shape index (κ2) is 6.91. The number of aliphatic hydroxyl groups excluding tert-OH is 1. The first-order valence-electron chi connectivity index (χ1n) is 7.35. The van der Waals surface area contributed by atoms with Gasteiger partial charge in [-0.1, -0.05) is 18.2 Å². The third-order valence-electron chi connectivity index (χ3n) is 3.49. The zero-order valence-corrected chi connectivity index (χ0v) is 12.6. The van der Waals surface area contributed by atoms with Crippen molar-refractivity contribution < 1.29 is 19.4 Å². The molecule has 0 heterocycles. The van der Waals surface area contributed by atoms with Crippen LogP contribution in [0, 0.1) is 0 Å². The summed E-state index contributed by atoms with van der Waals surface area (Å²) in [6, 6.07) is 7.62. The molecule has 5 heteroatoms. The van der Waals surface area contributed by atoms with Crippen molar-refractivity contribution in [2.45, 2.75) is 44.9 Å². The molecule has 0 saturated heterocycles. The van der Waals surface area contributed by atoms with Crippen LogP contribution in [0.25, 0.3) is 0 Å². The second-order valence-electron chi connectivity index (χ2n) is 5.53. The normalized spacial score (nSPS) is 17.1. The molecule has 1 saturated carbocycles. The molecule has 0 aliphatic heterocycles. The fraction of sp³-hybridized carbons (Fsp3) is 0.562. The third-order valence-corrected chi connectivity index (χ3v) is 3.49. The van der Waals surface area contributed by atoms with Gasteiger partial charge in [0.2, 0.25) is 0 Å². The molecule has 0 radical (unpaired) electrons. The van der Waals surface area contributed by atoms with Crippen LogP contribution in [-0.4, -0.2) is 35.9 Å². The summed E-state index contributed by atoms with van der Waals surface area (Å²) in [6.07, 6.45) is 2.14. The van der Waals surface area contributed by atoms with Gasteiger partial charge in [0.1, 0.15) is 17.9 Å². The van der Waals surface area contributed by atoms with Gasteiger partial charge >= 0.3 is 5.97 Å². The molecule has 2 rings (SSSR count). The molecule has 21 heavy (non-hydrogen) atoms. The molecule has 0 spiro atoms. The summed E-state index contributed by atoms with van der Waals surface area (Å²) < 4.78 is 10.9. The molecule has 0 bridgehead atoms. The van der Waals surface area contributed by atoms with Gasteiger partial charge in [-0.3, -0.25) is 5.32 Å². The van der Waals surface area contributed by atoms with E-state index in [-0.39, 0.29) is 19.2 Å². The van der Waals surface area contributed by atoms with Gasteiger partial charge in [0.15, 0.2) is 0 Å². The van der Waals surface area contributed by atoms with E-state index in [0.29, 0.717) is 24.0 Å². The fourth-order valence-electron chi connectivity index (χ4n) is 2.13. The summed E-state index contributed by atoms with van der Waals surface area (Å²) in [5, 5.41) is 12.6. The Labute approximate surface area is 125 Å². The Bertz CT molecular complexity index is 487. The molecule has 1 unspecified atom stereocenters. The quantitative estimate of drug-likeness (QED) is 0.713. The summed E-state index contributed by atoms with van der Waals surface area (Å²) in [5.41, 5.74) is -0.171. The van der Waals surface area contributed by atoms with Crippen LogP contribution in [0.1, 0.15) is 32.3 Å². The van der Waals surface area contributed by atoms with Gasteiger partial charge in [-0.05, 0) is 32.8 Å². The minimum Gasteiger partial charge on any atom is -0.491 e. The van der Waals surface area contributed by atoms with Crippen molar-refractivity contribution in [1.82, 2.24) is 5.32 Å². The van der Waals surface area contributed by atoms with Gasteiger partial charge in [0, 0.05) is 11.6 Å². The number of nitrogens with one attached hydrogen (secondary N) is 1. The van der Waals surface area contributed by atoms with Gasteiger partial charge in [-0.25, -0.2) is 4.79 Å². The largest absolute Gasteiger partial charge is 0.491 e. The van der Waals surface area contributed by atoms with Crippen molar-refractivity contribution in [1.29, 1.82) is 0 Å². The molecule has 1 atom stereocenters. The number of esters is 1. The SMILES string of the molecule is CCOC(=O)C(C)(COc1ccccc1CO)NC1CC1. The highest BCUT2D eigenvalue weighted by molar-refractivity contribution is 5.80. The van der Waals surface area contributed by atoms with Crippen molar-refractivity contribution in [3.8, 4) is 5.75 Å². The number of hydrogen-bond acceptors (Lipinski definition) is 5. The van der Waals surface area contributed by atoms with Crippen LogP contribution in [0.5, 0.6) is 5.75 Å². The number of aliphatic hydroxyl groups is 1. The van der Waals surface area contributed by atoms with E-state index in [4.69, 9.17) is 9.47 Å². The number of benzene rings is 1. The lowest BCUT2D eigenvalue weighted by molar-refractivity contribution is -0.152. The highest BCUT2D eigenvalue weighted by atomic mass is 16.5. The lowest BCUT2D eigenvalue weighted by atomic mass is 10.0. The molecule has 1 fully saturated rings. The molecule has 0 aromatic heterocycles. The molecule has 1 aromatic rings. The van der Waals surface area contributed by atoms with Crippen LogP contribution >= 0.6 is 0 Å². The zero-order valence-electron chi connectivity index (χ0n) is 12.6. The van der Waals surface area contributed by atoms with Crippen LogP contribution in [0.3, 0.4) is 0 Å². The van der Waals surface area contributed by atoms with Crippen molar-refractivity contribution in [2.24, 2.45) is 0 Å². The van der Waals surface area contributed by atoms with E-state index in [9.17, 15) is 9.90 Å². The summed E-state index contributed by atoms with van der Waals surface area (Å²) in [7, 11) is 0. The summed E-state index contributed by atoms with van der Waals surface area (Å²) in [5.74, 6) is 0.284. The molecule has 5 nitrogen and oxygen atoms in total. The van der Waals surface area contributed by atoms with Gasteiger partial charge < -0.3 is 14.6 Å². The Morgan fingerprint density at radius 1 is 1.43 bits per heavy atom. The van der Waals surface area contributed by atoms with Crippen LogP contribution in [0.4, 0.5) is 0 Å². The van der Waals surface area contributed by atoms with E-state index < -0.39 is 5.54 Å². The minimum absolute atomic E-state index is 0.0949. The van der Waals surface area contributed by atoms with E-state index in [1.165, 1.54) is 0 Å². The summed E-state index contributed by atoms with van der Waals surface area (Å²) in [6.45, 7) is 4.00. The Balaban J connectivity index is 2.05. The number of para-hydroxylation sites is 1. The molecular weight excluding hydrogens is 270 g/mol. The maximum atomic E-state index is 12.2. The van der Waals surface area contributed by atoms with E-state index in [2.05, 4.69) is 5.32 Å². The van der Waals surface area contributed by atoms with Crippen molar-refractivity contribution in [3.05, 3.63) is 29.8 Å². The molecular formula is C16H23NO4. The first-order valence-corrected chi connectivity index (χ1v) is 7.35. The molecule has 1 aliphatic carbocycles. The Kier molecular flexibility index (Phi) is 5.20. The Morgan fingerprint density at radius 2 is 2.14 bits per heavy atom. The van der Waals surface area contributed by atoms with Crippen molar-refractivity contribution in [3.63, 3.8) is 0 Å². The topological polar surface area (TPSA) is 67.8 Å². The number of carbonyl (C=O) groups excluding carboxylic acids is 1. The summed E-state index contributed by atoms with van der Waals surface area (Å²) >= 11 is 0. The standard InChI is InChI=1S/C16H23NO4/c1-3-20-15(19)16(2,17-13-8-9-13)11-21-14-7-5-4-6-12(14)10-18/h4-7,13,17-18H,3,8-11H2,1-2H3. The van der Waals surface area contributed by atoms with Gasteiger partial charge in [-0.15, -0.1) is 0 Å². The molecule has 1 aromatic carbocycles. The number of hydrogen-bond donors (Lipinski definition) is 2. The second-order valence-corrected chi connectivity index (χ2v) is 5.53. The zero-order chi connectivity index (χ0) is 15.3. The van der Waals surface area contributed by atoms with Crippen LogP contribution in [-0.2, 0) is 16.1 Å². The summed E-state index contributed by atoms with van der Waals surface area (Å²) in [4.78, 5) is 12.2. The lowest BCUT2D eigenvalue weighted by Gasteiger charge is -2.29. The maximum absolute atomic E-state index is 12.2. The van der Waals surface area contributed by atoms with E-state index in [1.807, 2.05) is 12.1 Å². The van der Waals surface area contributed by atoms with Crippen molar-refractivity contribution in [2.75, 3.05) is 13.2 Å². The van der Waals surface area contributed by atoms with Crippen molar-refractivity contribution >= 4 is 5.97 Å². The third kappa shape index (κ3) is 4.19. The van der Waals surface area contributed by atoms with Gasteiger partial charge in [0.25, 0.3) is 0 Å². The van der Waals surface area contributed by atoms with E-state index >= 15 is 0 Å². The molecule has 116 valence electrons. The molecule has 0 amide bonds. The predicted octanol–water partition coefficient (Wildman–Crippen LogP) is 1.63. The van der Waals surface area contributed by atoms with Crippen LogP contribution < -0.4 is 10.1 Å². The minimum atomic E-state index is -0.875. The van der Waals surface area contributed by atoms with E-state index in [0.717, 1.165) is 12.8 Å². The smallest absolute Gasteiger partial charge is 0.329 e. The fourth-order valence-corrected chi connectivity index (χ4v) is 2.13. The number of carbonyl (C=O) groups is 1. The number of rotatable bonds is 8. The monoisotopic (exact) mass is 293 g/mol. The maximum Gasteiger partial charge on any atom is 0.329 e. The van der Waals surface area contributed by atoms with Crippen LogP contribution in [0.15, 0.2) is 24.3 Å². The Hall–Kier alpha value is -1.59. The Morgan fingerprint density at radius 3 is 2.76 bits per heavy atom. The molecule has 2 N–H and O–H groups in total. The lowest BCUT2D eigenvalue weighted by Crippen LogP contribution is -2.55. The number of ether oxygens (including phenoxy) is 2. The predicted molar refractivity (Wildman–Crippen MR) is 79.1 cm³/mol. The average molecular weight is 293 g/mol. The highest BCUT2D eigenvalue weighted by Gasteiger charge is 2.40. The first kappa shape index (κ1) is 15.8. The van der Waals surface area contributed by atoms with Gasteiger partial charge in [-0.2, -0.15) is 0 Å². The van der Waals surface area contributed by atoms with E-state index in [1.54, 1.807) is 26.0 Å². The first-order chi connectivity index (χ1) is 10.1.